The molecule has 0 spiro atoms. The molecule has 106 valence electrons. The molecule has 2 rings (SSSR count). The number of rotatable bonds is 5. The normalized spacial score (nSPS) is 10.6. The fourth-order valence-corrected chi connectivity index (χ4v) is 2.26. The Kier molecular flexibility index (Phi) is 4.56. The molecule has 0 aliphatic heterocycles. The van der Waals surface area contributed by atoms with Crippen LogP contribution in [0.3, 0.4) is 0 Å². The minimum absolute atomic E-state index is 0.350. The van der Waals surface area contributed by atoms with Gasteiger partial charge in [-0.3, -0.25) is 0 Å². The van der Waals surface area contributed by atoms with E-state index in [-0.39, 0.29) is 5.97 Å². The van der Waals surface area contributed by atoms with Crippen molar-refractivity contribution in [1.29, 1.82) is 0 Å². The number of anilines is 1. The van der Waals surface area contributed by atoms with Crippen molar-refractivity contribution in [2.45, 2.75) is 19.8 Å². The Morgan fingerprint density at radius 2 is 2.00 bits per heavy atom. The number of hydrogen-bond acceptors (Lipinski definition) is 4. The van der Waals surface area contributed by atoms with Gasteiger partial charge in [0.2, 0.25) is 0 Å². The second-order valence-electron chi connectivity index (χ2n) is 4.81. The first-order valence-corrected chi connectivity index (χ1v) is 6.86. The molecule has 1 heterocycles. The molecule has 1 aromatic heterocycles. The summed E-state index contributed by atoms with van der Waals surface area (Å²) in [6.45, 7) is 3.12. The number of carbonyl (C=O) groups excluding carboxylic acids is 1. The number of methoxy groups -OCH3 is 1. The Morgan fingerprint density at radius 3 is 2.65 bits per heavy atom. The highest BCUT2D eigenvalue weighted by molar-refractivity contribution is 6.07. The maximum absolute atomic E-state index is 11.8. The number of carbonyl (C=O) groups is 1. The van der Waals surface area contributed by atoms with Crippen LogP contribution >= 0.6 is 0 Å². The van der Waals surface area contributed by atoms with Crippen molar-refractivity contribution in [1.82, 2.24) is 4.98 Å². The van der Waals surface area contributed by atoms with Gasteiger partial charge in [0.25, 0.3) is 0 Å². The zero-order chi connectivity index (χ0) is 14.5. The lowest BCUT2D eigenvalue weighted by molar-refractivity contribution is 0.0602. The number of fused-ring (bicyclic) bond motifs is 1. The Hall–Kier alpha value is -2.10. The van der Waals surface area contributed by atoms with Gasteiger partial charge in [-0.2, -0.15) is 0 Å². The van der Waals surface area contributed by atoms with Gasteiger partial charge in [0.15, 0.2) is 0 Å². The quantitative estimate of drug-likeness (QED) is 0.783. The topological polar surface area (TPSA) is 42.4 Å². The van der Waals surface area contributed by atoms with Gasteiger partial charge in [0, 0.05) is 30.6 Å². The van der Waals surface area contributed by atoms with Crippen LogP contribution in [0, 0.1) is 0 Å². The summed E-state index contributed by atoms with van der Waals surface area (Å²) in [5.41, 5.74) is 0.510. The van der Waals surface area contributed by atoms with Gasteiger partial charge in [0.1, 0.15) is 5.82 Å². The van der Waals surface area contributed by atoms with E-state index in [4.69, 9.17) is 4.74 Å². The van der Waals surface area contributed by atoms with Crippen LogP contribution in [0.2, 0.25) is 0 Å². The number of benzene rings is 1. The van der Waals surface area contributed by atoms with Gasteiger partial charge in [0.05, 0.1) is 12.7 Å². The molecule has 0 radical (unpaired) electrons. The molecular formula is C16H20N2O2. The average molecular weight is 272 g/mol. The summed E-state index contributed by atoms with van der Waals surface area (Å²) in [6.07, 6.45) is 3.86. The van der Waals surface area contributed by atoms with Crippen LogP contribution in [0.4, 0.5) is 5.82 Å². The lowest BCUT2D eigenvalue weighted by atomic mass is 10.1. The molecule has 0 aliphatic carbocycles. The molecule has 0 saturated carbocycles. The van der Waals surface area contributed by atoms with Crippen LogP contribution in [0.5, 0.6) is 0 Å². The van der Waals surface area contributed by atoms with Crippen molar-refractivity contribution in [2.24, 2.45) is 0 Å². The average Bonchev–Trinajstić information content (AvgIpc) is 2.50. The molecule has 0 unspecified atom stereocenters. The van der Waals surface area contributed by atoms with Crippen LogP contribution in [0.1, 0.15) is 30.1 Å². The molecule has 0 fully saturated rings. The van der Waals surface area contributed by atoms with Crippen molar-refractivity contribution in [3.8, 4) is 0 Å². The van der Waals surface area contributed by atoms with E-state index in [0.717, 1.165) is 36.0 Å². The predicted molar refractivity (Wildman–Crippen MR) is 81.3 cm³/mol. The van der Waals surface area contributed by atoms with E-state index in [9.17, 15) is 4.79 Å². The van der Waals surface area contributed by atoms with Gasteiger partial charge < -0.3 is 9.64 Å². The first-order valence-electron chi connectivity index (χ1n) is 6.86. The molecule has 0 bridgehead atoms. The third-order valence-corrected chi connectivity index (χ3v) is 3.39. The van der Waals surface area contributed by atoms with E-state index in [1.54, 1.807) is 6.20 Å². The van der Waals surface area contributed by atoms with Crippen LogP contribution in [0.25, 0.3) is 10.8 Å². The van der Waals surface area contributed by atoms with Crippen molar-refractivity contribution in [3.05, 3.63) is 36.0 Å². The molecule has 0 N–H and O–H groups in total. The molecule has 0 atom stereocenters. The maximum atomic E-state index is 11.8. The minimum Gasteiger partial charge on any atom is -0.465 e. The summed E-state index contributed by atoms with van der Waals surface area (Å²) in [5, 5.41) is 1.86. The Bertz CT molecular complexity index is 610. The van der Waals surface area contributed by atoms with E-state index in [1.165, 1.54) is 7.11 Å². The molecule has 1 aromatic carbocycles. The van der Waals surface area contributed by atoms with E-state index >= 15 is 0 Å². The molecule has 0 aliphatic rings. The molecule has 0 saturated heterocycles. The molecule has 4 heteroatoms. The van der Waals surface area contributed by atoms with Gasteiger partial charge >= 0.3 is 5.97 Å². The fourth-order valence-electron chi connectivity index (χ4n) is 2.26. The van der Waals surface area contributed by atoms with E-state index in [2.05, 4.69) is 16.8 Å². The molecular weight excluding hydrogens is 252 g/mol. The second-order valence-corrected chi connectivity index (χ2v) is 4.81. The SMILES string of the molecule is CCCCN(C)c1ncc(C(=O)OC)c2ccccc12. The van der Waals surface area contributed by atoms with Gasteiger partial charge in [-0.25, -0.2) is 9.78 Å². The largest absolute Gasteiger partial charge is 0.465 e. The predicted octanol–water partition coefficient (Wildman–Crippen LogP) is 3.26. The summed E-state index contributed by atoms with van der Waals surface area (Å²) in [5.74, 6) is 0.554. The lowest BCUT2D eigenvalue weighted by Gasteiger charge is -2.20. The zero-order valence-electron chi connectivity index (χ0n) is 12.2. The van der Waals surface area contributed by atoms with E-state index in [1.807, 2.05) is 31.3 Å². The highest BCUT2D eigenvalue weighted by Gasteiger charge is 2.15. The number of ether oxygens (including phenoxy) is 1. The zero-order valence-corrected chi connectivity index (χ0v) is 12.2. The van der Waals surface area contributed by atoms with Crippen LogP contribution in [0.15, 0.2) is 30.5 Å². The summed E-state index contributed by atoms with van der Waals surface area (Å²) in [6, 6.07) is 7.81. The number of pyridine rings is 1. The number of nitrogens with zero attached hydrogens (tertiary/aromatic N) is 2. The summed E-state index contributed by atoms with van der Waals surface area (Å²) >= 11 is 0. The Balaban J connectivity index is 2.51. The first kappa shape index (κ1) is 14.3. The highest BCUT2D eigenvalue weighted by Crippen LogP contribution is 2.27. The summed E-state index contributed by atoms with van der Waals surface area (Å²) < 4.78 is 4.82. The third kappa shape index (κ3) is 2.74. The number of unbranched alkanes of at least 4 members (excludes halogenated alkanes) is 1. The van der Waals surface area contributed by atoms with Crippen LogP contribution < -0.4 is 4.90 Å². The Labute approximate surface area is 119 Å². The first-order chi connectivity index (χ1) is 9.69. The number of aromatic nitrogens is 1. The van der Waals surface area contributed by atoms with Crippen LogP contribution in [-0.2, 0) is 4.74 Å². The minimum atomic E-state index is -0.350. The van der Waals surface area contributed by atoms with Crippen molar-refractivity contribution >= 4 is 22.6 Å². The highest BCUT2D eigenvalue weighted by atomic mass is 16.5. The molecule has 2 aromatic rings. The van der Waals surface area contributed by atoms with Crippen molar-refractivity contribution in [2.75, 3.05) is 25.6 Å². The van der Waals surface area contributed by atoms with Gasteiger partial charge in [-0.1, -0.05) is 37.6 Å². The molecule has 4 nitrogen and oxygen atoms in total. The Morgan fingerprint density at radius 1 is 1.30 bits per heavy atom. The standard InChI is InChI=1S/C16H20N2O2/c1-4-5-10-18(2)15-13-9-7-6-8-12(13)14(11-17-15)16(19)20-3/h6-9,11H,4-5,10H2,1-3H3. The second kappa shape index (κ2) is 6.37. The molecule has 0 amide bonds. The monoisotopic (exact) mass is 272 g/mol. The third-order valence-electron chi connectivity index (χ3n) is 3.39. The van der Waals surface area contributed by atoms with Crippen molar-refractivity contribution < 1.29 is 9.53 Å². The van der Waals surface area contributed by atoms with E-state index in [0.29, 0.717) is 5.56 Å². The van der Waals surface area contributed by atoms with Gasteiger partial charge in [-0.15, -0.1) is 0 Å². The van der Waals surface area contributed by atoms with Gasteiger partial charge in [-0.05, 0) is 6.42 Å². The number of hydrogen-bond donors (Lipinski definition) is 0. The van der Waals surface area contributed by atoms with E-state index < -0.39 is 0 Å². The fraction of sp³-hybridized carbons (Fsp3) is 0.375. The maximum Gasteiger partial charge on any atom is 0.340 e. The smallest absolute Gasteiger partial charge is 0.340 e. The van der Waals surface area contributed by atoms with Crippen molar-refractivity contribution in [3.63, 3.8) is 0 Å². The lowest BCUT2D eigenvalue weighted by Crippen LogP contribution is -2.20. The summed E-state index contributed by atoms with van der Waals surface area (Å²) in [7, 11) is 3.42. The van der Waals surface area contributed by atoms with Crippen LogP contribution in [-0.4, -0.2) is 31.7 Å². The summed E-state index contributed by atoms with van der Waals surface area (Å²) in [4.78, 5) is 18.4. The number of esters is 1. The molecule has 20 heavy (non-hydrogen) atoms.